The SMILES string of the molecule is CCCCOc1ccc(N2C(=O)NC(=O)/C(=C/c3cc(Br)c(OCc4ccc(C)c(C)c4)c(OC)c3)C2=O)cc1. The van der Waals surface area contributed by atoms with E-state index < -0.39 is 17.8 Å². The number of imide groups is 2. The van der Waals surface area contributed by atoms with E-state index in [1.54, 1.807) is 36.4 Å². The molecule has 4 amide bonds. The van der Waals surface area contributed by atoms with Crippen molar-refractivity contribution < 1.29 is 28.6 Å². The molecule has 40 heavy (non-hydrogen) atoms. The second-order valence-corrected chi connectivity index (χ2v) is 10.2. The van der Waals surface area contributed by atoms with Gasteiger partial charge in [0.1, 0.15) is 17.9 Å². The number of unbranched alkanes of at least 4 members (excludes halogenated alkanes) is 1. The molecule has 1 fully saturated rings. The van der Waals surface area contributed by atoms with Gasteiger partial charge in [0, 0.05) is 0 Å². The molecule has 0 aromatic heterocycles. The number of amides is 4. The quantitative estimate of drug-likeness (QED) is 0.161. The zero-order valence-electron chi connectivity index (χ0n) is 22.9. The molecule has 3 aromatic carbocycles. The highest BCUT2D eigenvalue weighted by Gasteiger charge is 2.37. The number of benzene rings is 3. The van der Waals surface area contributed by atoms with Crippen LogP contribution in [0, 0.1) is 13.8 Å². The molecule has 0 aliphatic carbocycles. The number of carbonyl (C=O) groups excluding carboxylic acids is 3. The molecule has 0 spiro atoms. The second-order valence-electron chi connectivity index (χ2n) is 9.40. The molecule has 1 saturated heterocycles. The van der Waals surface area contributed by atoms with Gasteiger partial charge >= 0.3 is 6.03 Å². The lowest BCUT2D eigenvalue weighted by atomic mass is 10.1. The maximum Gasteiger partial charge on any atom is 0.335 e. The summed E-state index contributed by atoms with van der Waals surface area (Å²) in [5.41, 5.74) is 4.02. The largest absolute Gasteiger partial charge is 0.494 e. The van der Waals surface area contributed by atoms with Crippen LogP contribution in [-0.2, 0) is 16.2 Å². The van der Waals surface area contributed by atoms with E-state index in [0.717, 1.165) is 23.3 Å². The van der Waals surface area contributed by atoms with E-state index in [1.807, 2.05) is 19.1 Å². The number of ether oxygens (including phenoxy) is 3. The summed E-state index contributed by atoms with van der Waals surface area (Å²) in [5.74, 6) is 0.0147. The number of nitrogens with one attached hydrogen (secondary N) is 1. The molecule has 0 atom stereocenters. The Bertz CT molecular complexity index is 1470. The summed E-state index contributed by atoms with van der Waals surface area (Å²) < 4.78 is 17.8. The Morgan fingerprint density at radius 2 is 1.70 bits per heavy atom. The van der Waals surface area contributed by atoms with Crippen molar-refractivity contribution in [3.05, 3.63) is 86.9 Å². The van der Waals surface area contributed by atoms with Crippen LogP contribution in [0.25, 0.3) is 6.08 Å². The van der Waals surface area contributed by atoms with Crippen LogP contribution >= 0.6 is 15.9 Å². The first kappa shape index (κ1) is 28.9. The van der Waals surface area contributed by atoms with Gasteiger partial charge in [-0.3, -0.25) is 14.9 Å². The third-order valence-corrected chi connectivity index (χ3v) is 7.07. The lowest BCUT2D eigenvalue weighted by molar-refractivity contribution is -0.122. The molecular formula is C31H31BrN2O6. The summed E-state index contributed by atoms with van der Waals surface area (Å²) in [5, 5.41) is 2.25. The Labute approximate surface area is 242 Å². The topological polar surface area (TPSA) is 94.2 Å². The number of hydrogen-bond donors (Lipinski definition) is 1. The average molecular weight is 608 g/mol. The Hall–Kier alpha value is -4.11. The van der Waals surface area contributed by atoms with E-state index in [9.17, 15) is 14.4 Å². The number of hydrogen-bond acceptors (Lipinski definition) is 6. The highest BCUT2D eigenvalue weighted by atomic mass is 79.9. The van der Waals surface area contributed by atoms with Gasteiger partial charge in [-0.2, -0.15) is 0 Å². The first-order chi connectivity index (χ1) is 19.2. The van der Waals surface area contributed by atoms with Crippen molar-refractivity contribution in [2.24, 2.45) is 0 Å². The number of nitrogens with zero attached hydrogens (tertiary/aromatic N) is 1. The van der Waals surface area contributed by atoms with Gasteiger partial charge in [0.2, 0.25) is 0 Å². The van der Waals surface area contributed by atoms with Crippen LogP contribution in [0.5, 0.6) is 17.2 Å². The lowest BCUT2D eigenvalue weighted by Crippen LogP contribution is -2.54. The standard InChI is InChI=1S/C31H31BrN2O6/c1-5-6-13-39-24-11-9-23(10-12-24)34-30(36)25(29(35)33-31(34)37)15-22-16-26(32)28(27(17-22)38-4)40-18-21-8-7-19(2)20(3)14-21/h7-12,14-17H,5-6,13,18H2,1-4H3,(H,33,35,37)/b25-15-. The number of carbonyl (C=O) groups is 3. The molecule has 1 N–H and O–H groups in total. The van der Waals surface area contributed by atoms with E-state index in [0.29, 0.717) is 46.2 Å². The molecule has 1 aliphatic rings. The molecule has 208 valence electrons. The summed E-state index contributed by atoms with van der Waals surface area (Å²) in [7, 11) is 1.51. The van der Waals surface area contributed by atoms with Crippen LogP contribution in [0.3, 0.4) is 0 Å². The average Bonchev–Trinajstić information content (AvgIpc) is 2.93. The minimum absolute atomic E-state index is 0.194. The van der Waals surface area contributed by atoms with E-state index in [2.05, 4.69) is 41.2 Å². The van der Waals surface area contributed by atoms with E-state index in [1.165, 1.54) is 24.3 Å². The first-order valence-corrected chi connectivity index (χ1v) is 13.7. The van der Waals surface area contributed by atoms with Gasteiger partial charge in [-0.05, 0) is 101 Å². The van der Waals surface area contributed by atoms with Crippen LogP contribution in [-0.4, -0.2) is 31.6 Å². The van der Waals surface area contributed by atoms with E-state index in [4.69, 9.17) is 14.2 Å². The Morgan fingerprint density at radius 3 is 2.38 bits per heavy atom. The minimum atomic E-state index is -0.819. The number of aryl methyl sites for hydroxylation is 2. The molecule has 9 heteroatoms. The van der Waals surface area contributed by atoms with Crippen molar-refractivity contribution in [3.8, 4) is 17.2 Å². The summed E-state index contributed by atoms with van der Waals surface area (Å²) >= 11 is 3.52. The van der Waals surface area contributed by atoms with Crippen LogP contribution < -0.4 is 24.4 Å². The number of methoxy groups -OCH3 is 1. The molecule has 0 bridgehead atoms. The van der Waals surface area contributed by atoms with Crippen molar-refractivity contribution >= 4 is 45.5 Å². The van der Waals surface area contributed by atoms with Gasteiger partial charge < -0.3 is 14.2 Å². The molecule has 1 aliphatic heterocycles. The summed E-state index contributed by atoms with van der Waals surface area (Å²) in [6, 6.07) is 15.3. The molecule has 4 rings (SSSR count). The van der Waals surface area contributed by atoms with Crippen molar-refractivity contribution in [1.82, 2.24) is 5.32 Å². The molecule has 0 saturated carbocycles. The fraction of sp³-hybridized carbons (Fsp3) is 0.258. The number of rotatable bonds is 10. The van der Waals surface area contributed by atoms with Gasteiger partial charge in [0.05, 0.1) is 23.9 Å². The van der Waals surface area contributed by atoms with Crippen molar-refractivity contribution in [1.29, 1.82) is 0 Å². The number of halogens is 1. The normalized spacial score (nSPS) is 14.4. The Morgan fingerprint density at radius 1 is 0.950 bits per heavy atom. The number of barbiturate groups is 1. The highest BCUT2D eigenvalue weighted by molar-refractivity contribution is 9.10. The first-order valence-electron chi connectivity index (χ1n) is 12.9. The van der Waals surface area contributed by atoms with Crippen LogP contribution in [0.4, 0.5) is 10.5 Å². The summed E-state index contributed by atoms with van der Waals surface area (Å²) in [4.78, 5) is 39.6. The maximum atomic E-state index is 13.3. The van der Waals surface area contributed by atoms with Gasteiger partial charge in [-0.1, -0.05) is 31.5 Å². The fourth-order valence-corrected chi connectivity index (χ4v) is 4.67. The van der Waals surface area contributed by atoms with E-state index >= 15 is 0 Å². The van der Waals surface area contributed by atoms with E-state index in [-0.39, 0.29) is 5.57 Å². The predicted octanol–water partition coefficient (Wildman–Crippen LogP) is 6.50. The Balaban J connectivity index is 1.57. The van der Waals surface area contributed by atoms with Crippen molar-refractivity contribution in [2.45, 2.75) is 40.2 Å². The molecule has 1 heterocycles. The molecule has 3 aromatic rings. The van der Waals surface area contributed by atoms with Gasteiger partial charge in [-0.15, -0.1) is 0 Å². The zero-order valence-corrected chi connectivity index (χ0v) is 24.5. The minimum Gasteiger partial charge on any atom is -0.494 e. The smallest absolute Gasteiger partial charge is 0.335 e. The second kappa shape index (κ2) is 12.8. The monoisotopic (exact) mass is 606 g/mol. The van der Waals surface area contributed by atoms with Crippen LogP contribution in [0.15, 0.2) is 64.6 Å². The fourth-order valence-electron chi connectivity index (χ4n) is 4.10. The lowest BCUT2D eigenvalue weighted by Gasteiger charge is -2.26. The van der Waals surface area contributed by atoms with Crippen LogP contribution in [0.1, 0.15) is 42.0 Å². The molecule has 0 radical (unpaired) electrons. The van der Waals surface area contributed by atoms with Gasteiger partial charge in [-0.25, -0.2) is 9.69 Å². The molecular weight excluding hydrogens is 576 g/mol. The number of anilines is 1. The van der Waals surface area contributed by atoms with Crippen LogP contribution in [0.2, 0.25) is 0 Å². The predicted molar refractivity (Wildman–Crippen MR) is 157 cm³/mol. The maximum absolute atomic E-state index is 13.3. The summed E-state index contributed by atoms with van der Waals surface area (Å²) in [6.07, 6.45) is 3.35. The van der Waals surface area contributed by atoms with Crippen molar-refractivity contribution in [3.63, 3.8) is 0 Å². The molecule has 0 unspecified atom stereocenters. The van der Waals surface area contributed by atoms with Crippen molar-refractivity contribution in [2.75, 3.05) is 18.6 Å². The third-order valence-electron chi connectivity index (χ3n) is 6.48. The van der Waals surface area contributed by atoms with Gasteiger partial charge in [0.25, 0.3) is 11.8 Å². The molecule has 8 nitrogen and oxygen atoms in total. The highest BCUT2D eigenvalue weighted by Crippen LogP contribution is 2.38. The third kappa shape index (κ3) is 6.54. The number of urea groups is 1. The zero-order chi connectivity index (χ0) is 28.8. The van der Waals surface area contributed by atoms with Gasteiger partial charge in [0.15, 0.2) is 11.5 Å². The summed E-state index contributed by atoms with van der Waals surface area (Å²) in [6.45, 7) is 7.09. The Kier molecular flexibility index (Phi) is 9.26.